The van der Waals surface area contributed by atoms with Crippen LogP contribution in [0.2, 0.25) is 0 Å². The second-order valence-electron chi connectivity index (χ2n) is 4.72. The highest BCUT2D eigenvalue weighted by atomic mass is 16.2. The molecule has 1 aromatic rings. The molecule has 0 saturated carbocycles. The SMILES string of the molecule is [B]c1cccc2c1C(=O)N(C1CCC(=O)NC1=O)C2=O. The van der Waals surface area contributed by atoms with Crippen molar-refractivity contribution in [2.75, 3.05) is 0 Å². The largest absolute Gasteiger partial charge is 0.295 e. The Labute approximate surface area is 115 Å². The Hall–Kier alpha value is -2.44. The van der Waals surface area contributed by atoms with Crippen LogP contribution in [0.5, 0.6) is 0 Å². The average molecular weight is 268 g/mol. The third-order valence-corrected chi connectivity index (χ3v) is 3.50. The molecular weight excluding hydrogens is 259 g/mol. The van der Waals surface area contributed by atoms with Gasteiger partial charge in [-0.05, 0) is 12.5 Å². The monoisotopic (exact) mass is 268 g/mol. The molecule has 0 aliphatic carbocycles. The molecule has 4 amide bonds. The molecule has 2 heterocycles. The first-order chi connectivity index (χ1) is 9.50. The minimum Gasteiger partial charge on any atom is -0.295 e. The second kappa shape index (κ2) is 4.30. The first kappa shape index (κ1) is 12.6. The number of rotatable bonds is 1. The molecule has 1 aromatic carbocycles. The van der Waals surface area contributed by atoms with Crippen LogP contribution in [-0.4, -0.2) is 42.4 Å². The third kappa shape index (κ3) is 1.66. The lowest BCUT2D eigenvalue weighted by atomic mass is 9.88. The fourth-order valence-corrected chi connectivity index (χ4v) is 2.54. The number of amides is 4. The van der Waals surface area contributed by atoms with E-state index in [-0.39, 0.29) is 29.4 Å². The van der Waals surface area contributed by atoms with Gasteiger partial charge in [0.05, 0.1) is 5.56 Å². The number of imide groups is 2. The van der Waals surface area contributed by atoms with Crippen LogP contribution in [0.25, 0.3) is 0 Å². The fraction of sp³-hybridized carbons (Fsp3) is 0.231. The molecule has 1 saturated heterocycles. The average Bonchev–Trinajstić information content (AvgIpc) is 2.64. The topological polar surface area (TPSA) is 83.6 Å². The number of piperidine rings is 1. The van der Waals surface area contributed by atoms with Gasteiger partial charge in [0.2, 0.25) is 11.8 Å². The molecule has 20 heavy (non-hydrogen) atoms. The van der Waals surface area contributed by atoms with Gasteiger partial charge in [-0.2, -0.15) is 0 Å². The highest BCUT2D eigenvalue weighted by molar-refractivity contribution is 6.40. The summed E-state index contributed by atoms with van der Waals surface area (Å²) in [7, 11) is 5.72. The van der Waals surface area contributed by atoms with Crippen LogP contribution in [0.15, 0.2) is 18.2 Å². The van der Waals surface area contributed by atoms with Crippen LogP contribution in [0, 0.1) is 0 Å². The van der Waals surface area contributed by atoms with E-state index in [0.717, 1.165) is 4.90 Å². The van der Waals surface area contributed by atoms with Crippen molar-refractivity contribution in [3.8, 4) is 0 Å². The summed E-state index contributed by atoms with van der Waals surface area (Å²) in [5, 5.41) is 2.13. The van der Waals surface area contributed by atoms with E-state index in [4.69, 9.17) is 7.85 Å². The minimum absolute atomic E-state index is 0.0965. The van der Waals surface area contributed by atoms with E-state index in [2.05, 4.69) is 5.32 Å². The molecule has 2 aliphatic rings. The van der Waals surface area contributed by atoms with Gasteiger partial charge in [-0.3, -0.25) is 29.4 Å². The molecule has 3 rings (SSSR count). The van der Waals surface area contributed by atoms with Gasteiger partial charge in [0.25, 0.3) is 11.8 Å². The Morgan fingerprint density at radius 3 is 2.55 bits per heavy atom. The maximum absolute atomic E-state index is 12.3. The lowest BCUT2D eigenvalue weighted by molar-refractivity contribution is -0.136. The van der Waals surface area contributed by atoms with Crippen LogP contribution >= 0.6 is 0 Å². The number of hydrogen-bond donors (Lipinski definition) is 1. The molecule has 2 aliphatic heterocycles. The zero-order chi connectivity index (χ0) is 14.4. The Morgan fingerprint density at radius 1 is 1.15 bits per heavy atom. The Balaban J connectivity index is 2.00. The Kier molecular flexibility index (Phi) is 2.70. The lowest BCUT2D eigenvalue weighted by Crippen LogP contribution is -2.54. The molecule has 1 N–H and O–H groups in total. The maximum atomic E-state index is 12.3. The van der Waals surface area contributed by atoms with Crippen molar-refractivity contribution in [2.24, 2.45) is 0 Å². The van der Waals surface area contributed by atoms with Gasteiger partial charge in [-0.25, -0.2) is 0 Å². The van der Waals surface area contributed by atoms with Crippen molar-refractivity contribution >= 4 is 36.9 Å². The first-order valence-electron chi connectivity index (χ1n) is 6.11. The fourth-order valence-electron chi connectivity index (χ4n) is 2.54. The highest BCUT2D eigenvalue weighted by Crippen LogP contribution is 2.25. The molecule has 0 spiro atoms. The zero-order valence-electron chi connectivity index (χ0n) is 10.4. The molecular formula is C13H9BN2O4. The molecule has 0 bridgehead atoms. The molecule has 0 aromatic heterocycles. The number of benzene rings is 1. The number of carbonyl (C=O) groups is 4. The van der Waals surface area contributed by atoms with E-state index >= 15 is 0 Å². The van der Waals surface area contributed by atoms with E-state index in [9.17, 15) is 19.2 Å². The Morgan fingerprint density at radius 2 is 1.90 bits per heavy atom. The molecule has 1 fully saturated rings. The Bertz CT molecular complexity index is 670. The van der Waals surface area contributed by atoms with Gasteiger partial charge < -0.3 is 0 Å². The molecule has 2 radical (unpaired) electrons. The van der Waals surface area contributed by atoms with E-state index in [1.54, 1.807) is 6.07 Å². The highest BCUT2D eigenvalue weighted by Gasteiger charge is 2.44. The number of fused-ring (bicyclic) bond motifs is 1. The van der Waals surface area contributed by atoms with Crippen LogP contribution in [0.3, 0.4) is 0 Å². The molecule has 7 heteroatoms. The number of nitrogens with one attached hydrogen (secondary N) is 1. The number of hydrogen-bond acceptors (Lipinski definition) is 4. The van der Waals surface area contributed by atoms with Crippen LogP contribution in [-0.2, 0) is 9.59 Å². The van der Waals surface area contributed by atoms with E-state index < -0.39 is 29.7 Å². The maximum Gasteiger partial charge on any atom is 0.262 e. The predicted molar refractivity (Wildman–Crippen MR) is 68.5 cm³/mol. The lowest BCUT2D eigenvalue weighted by Gasteiger charge is -2.27. The van der Waals surface area contributed by atoms with Gasteiger partial charge in [-0.15, -0.1) is 0 Å². The van der Waals surface area contributed by atoms with E-state index in [1.165, 1.54) is 12.1 Å². The van der Waals surface area contributed by atoms with Gasteiger partial charge >= 0.3 is 0 Å². The van der Waals surface area contributed by atoms with Crippen LogP contribution in [0.4, 0.5) is 0 Å². The van der Waals surface area contributed by atoms with Crippen molar-refractivity contribution in [3.05, 3.63) is 29.3 Å². The van der Waals surface area contributed by atoms with Crippen LogP contribution in [0.1, 0.15) is 33.6 Å². The molecule has 1 unspecified atom stereocenters. The normalized spacial score (nSPS) is 22.0. The standard InChI is InChI=1S/C13H9BN2O4/c14-7-3-1-2-6-10(7)13(20)16(12(6)19)8-4-5-9(17)15-11(8)18/h1-3,8H,4-5H2,(H,15,17,18). The first-order valence-corrected chi connectivity index (χ1v) is 6.11. The number of nitrogens with zero attached hydrogens (tertiary/aromatic N) is 1. The summed E-state index contributed by atoms with van der Waals surface area (Å²) in [6, 6.07) is 3.64. The van der Waals surface area contributed by atoms with Gasteiger partial charge in [0.1, 0.15) is 13.9 Å². The van der Waals surface area contributed by atoms with Gasteiger partial charge in [0.15, 0.2) is 0 Å². The van der Waals surface area contributed by atoms with E-state index in [0.29, 0.717) is 0 Å². The van der Waals surface area contributed by atoms with Gasteiger partial charge in [0, 0.05) is 12.0 Å². The quantitative estimate of drug-likeness (QED) is 0.516. The zero-order valence-corrected chi connectivity index (χ0v) is 10.4. The summed E-state index contributed by atoms with van der Waals surface area (Å²) in [5.41, 5.74) is 0.526. The molecule has 1 atom stereocenters. The van der Waals surface area contributed by atoms with Crippen molar-refractivity contribution in [2.45, 2.75) is 18.9 Å². The van der Waals surface area contributed by atoms with Crippen LogP contribution < -0.4 is 10.8 Å². The van der Waals surface area contributed by atoms with Gasteiger partial charge in [-0.1, -0.05) is 17.6 Å². The molecule has 98 valence electrons. The third-order valence-electron chi connectivity index (χ3n) is 3.50. The summed E-state index contributed by atoms with van der Waals surface area (Å²) >= 11 is 0. The predicted octanol–water partition coefficient (Wildman–Crippen LogP) is -1.12. The summed E-state index contributed by atoms with van der Waals surface area (Å²) in [6.45, 7) is 0. The van der Waals surface area contributed by atoms with Crippen molar-refractivity contribution in [1.29, 1.82) is 0 Å². The van der Waals surface area contributed by atoms with E-state index in [1.807, 2.05) is 0 Å². The number of carbonyl (C=O) groups excluding carboxylic acids is 4. The smallest absolute Gasteiger partial charge is 0.262 e. The summed E-state index contributed by atoms with van der Waals surface area (Å²) in [5.74, 6) is -2.17. The summed E-state index contributed by atoms with van der Waals surface area (Å²) in [6.07, 6.45) is 0.231. The van der Waals surface area contributed by atoms with Crippen molar-refractivity contribution in [1.82, 2.24) is 10.2 Å². The van der Waals surface area contributed by atoms with Crippen molar-refractivity contribution < 1.29 is 19.2 Å². The summed E-state index contributed by atoms with van der Waals surface area (Å²) < 4.78 is 0. The summed E-state index contributed by atoms with van der Waals surface area (Å²) in [4.78, 5) is 48.4. The van der Waals surface area contributed by atoms with Crippen molar-refractivity contribution in [3.63, 3.8) is 0 Å². The minimum atomic E-state index is -0.959. The molecule has 6 nitrogen and oxygen atoms in total. The second-order valence-corrected chi connectivity index (χ2v) is 4.72.